The van der Waals surface area contributed by atoms with Gasteiger partial charge in [0.05, 0.1) is 36.8 Å². The molecule has 3 N–H and O–H groups in total. The fourth-order valence-electron chi connectivity index (χ4n) is 10.9. The Balaban J connectivity index is 1.15. The number of methoxy groups -OCH3 is 1. The van der Waals surface area contributed by atoms with Crippen LogP contribution in [0.1, 0.15) is 77.2 Å². The highest BCUT2D eigenvalue weighted by atomic mass is 16.8. The molecule has 15 atom stereocenters. The smallest absolute Gasteiger partial charge is 0.335 e. The average molecular weight is 575 g/mol. The first-order valence-corrected chi connectivity index (χ1v) is 15.3. The summed E-state index contributed by atoms with van der Waals surface area (Å²) in [5.74, 6) is -1.26. The van der Waals surface area contributed by atoms with Crippen molar-refractivity contribution >= 4 is 0 Å². The van der Waals surface area contributed by atoms with Crippen molar-refractivity contribution in [2.75, 3.05) is 7.11 Å². The van der Waals surface area contributed by atoms with Gasteiger partial charge in [-0.25, -0.2) is 4.79 Å². The molecule has 2 bridgehead atoms. The maximum absolute atomic E-state index is 12.8. The summed E-state index contributed by atoms with van der Waals surface area (Å²) in [6, 6.07) is 3.17. The topological polar surface area (TPSA) is 140 Å². The summed E-state index contributed by atoms with van der Waals surface area (Å²) in [5.41, 5.74) is -2.78. The van der Waals surface area contributed by atoms with Gasteiger partial charge in [0.25, 0.3) is 0 Å². The molecule has 226 valence electrons. The van der Waals surface area contributed by atoms with Gasteiger partial charge in [0, 0.05) is 30.9 Å². The van der Waals surface area contributed by atoms with Crippen LogP contribution in [-0.2, 0) is 23.7 Å². The molecular formula is C31H42O10. The van der Waals surface area contributed by atoms with E-state index in [9.17, 15) is 20.1 Å². The third-order valence-electron chi connectivity index (χ3n) is 13.1. The minimum Gasteiger partial charge on any atom is -0.431 e. The Kier molecular flexibility index (Phi) is 5.58. The molecule has 1 spiro atoms. The van der Waals surface area contributed by atoms with Crippen LogP contribution < -0.4 is 5.63 Å². The van der Waals surface area contributed by atoms with Crippen LogP contribution in [0.15, 0.2) is 27.6 Å². The predicted octanol–water partition coefficient (Wildman–Crippen LogP) is 2.22. The first kappa shape index (κ1) is 27.2. The molecule has 7 fully saturated rings. The lowest BCUT2D eigenvalue weighted by atomic mass is 9.42. The second-order valence-electron chi connectivity index (χ2n) is 14.5. The molecule has 3 saturated heterocycles. The lowest BCUT2D eigenvalue weighted by molar-refractivity contribution is -0.351. The summed E-state index contributed by atoms with van der Waals surface area (Å²) in [6.45, 7) is 6.19. The molecule has 7 aliphatic rings. The second-order valence-corrected chi connectivity index (χ2v) is 14.5. The van der Waals surface area contributed by atoms with Crippen molar-refractivity contribution in [2.24, 2.45) is 22.7 Å². The predicted molar refractivity (Wildman–Crippen MR) is 142 cm³/mol. The van der Waals surface area contributed by atoms with Crippen LogP contribution in [0.3, 0.4) is 0 Å². The molecule has 0 radical (unpaired) electrons. The van der Waals surface area contributed by atoms with E-state index in [0.717, 1.165) is 12.0 Å². The van der Waals surface area contributed by atoms with Crippen LogP contribution in [0.5, 0.6) is 0 Å². The third kappa shape index (κ3) is 3.18. The average Bonchev–Trinajstić information content (AvgIpc) is 3.59. The number of aliphatic hydroxyl groups is 3. The molecule has 0 aromatic carbocycles. The molecule has 3 aliphatic heterocycles. The third-order valence-corrected chi connectivity index (χ3v) is 13.1. The van der Waals surface area contributed by atoms with Gasteiger partial charge >= 0.3 is 5.63 Å². The Bertz CT molecular complexity index is 1280. The van der Waals surface area contributed by atoms with E-state index in [1.165, 1.54) is 12.3 Å². The molecule has 4 heterocycles. The lowest BCUT2D eigenvalue weighted by Crippen LogP contribution is -2.72. The van der Waals surface area contributed by atoms with Gasteiger partial charge in [-0.3, -0.25) is 0 Å². The van der Waals surface area contributed by atoms with Crippen molar-refractivity contribution in [1.29, 1.82) is 0 Å². The van der Waals surface area contributed by atoms with Crippen molar-refractivity contribution in [1.82, 2.24) is 0 Å². The van der Waals surface area contributed by atoms with E-state index in [-0.39, 0.29) is 47.6 Å². The Hall–Kier alpha value is -1.37. The molecule has 1 aromatic heterocycles. The summed E-state index contributed by atoms with van der Waals surface area (Å²) in [5, 5.41) is 35.9. The molecule has 10 heteroatoms. The fourth-order valence-corrected chi connectivity index (χ4v) is 10.9. The zero-order chi connectivity index (χ0) is 28.7. The highest BCUT2D eigenvalue weighted by Crippen LogP contribution is 2.78. The fraction of sp³-hybridized carbons (Fsp3) is 0.839. The maximum Gasteiger partial charge on any atom is 0.335 e. The number of epoxide rings is 1. The quantitative estimate of drug-likeness (QED) is 0.356. The Morgan fingerprint density at radius 2 is 1.83 bits per heavy atom. The molecule has 4 saturated carbocycles. The van der Waals surface area contributed by atoms with Gasteiger partial charge < -0.3 is 43.4 Å². The molecule has 0 unspecified atom stereocenters. The van der Waals surface area contributed by atoms with E-state index in [1.807, 2.05) is 13.8 Å². The highest BCUT2D eigenvalue weighted by Gasteiger charge is 2.86. The summed E-state index contributed by atoms with van der Waals surface area (Å²) >= 11 is 0. The van der Waals surface area contributed by atoms with Crippen LogP contribution >= 0.6 is 0 Å². The minimum absolute atomic E-state index is 0.0925. The maximum atomic E-state index is 12.8. The van der Waals surface area contributed by atoms with Crippen molar-refractivity contribution in [2.45, 2.75) is 132 Å². The highest BCUT2D eigenvalue weighted by molar-refractivity contribution is 5.38. The summed E-state index contributed by atoms with van der Waals surface area (Å²) < 4.78 is 36.9. The van der Waals surface area contributed by atoms with Crippen molar-refractivity contribution in [3.05, 3.63) is 34.4 Å². The number of hydrogen-bond acceptors (Lipinski definition) is 10. The van der Waals surface area contributed by atoms with E-state index in [1.54, 1.807) is 13.2 Å². The number of rotatable bonds is 2. The molecule has 1 aromatic rings. The monoisotopic (exact) mass is 574 g/mol. The van der Waals surface area contributed by atoms with Crippen LogP contribution in [0.25, 0.3) is 0 Å². The summed E-state index contributed by atoms with van der Waals surface area (Å²) in [7, 11) is 1.56. The first-order valence-electron chi connectivity index (χ1n) is 15.3. The minimum atomic E-state index is -1.25. The summed E-state index contributed by atoms with van der Waals surface area (Å²) in [6.07, 6.45) is 2.08. The van der Waals surface area contributed by atoms with Gasteiger partial charge in [0.15, 0.2) is 12.4 Å². The van der Waals surface area contributed by atoms with Gasteiger partial charge in [-0.1, -0.05) is 13.8 Å². The number of hydrogen-bond donors (Lipinski definition) is 3. The molecule has 10 nitrogen and oxygen atoms in total. The van der Waals surface area contributed by atoms with Gasteiger partial charge in [-0.2, -0.15) is 0 Å². The zero-order valence-electron chi connectivity index (χ0n) is 24.2. The van der Waals surface area contributed by atoms with Crippen LogP contribution in [0, 0.1) is 22.7 Å². The first-order chi connectivity index (χ1) is 19.4. The Morgan fingerprint density at radius 1 is 1.02 bits per heavy atom. The Morgan fingerprint density at radius 3 is 2.56 bits per heavy atom. The van der Waals surface area contributed by atoms with Crippen LogP contribution in [0.4, 0.5) is 0 Å². The van der Waals surface area contributed by atoms with Gasteiger partial charge in [0.2, 0.25) is 5.79 Å². The SMILES string of the molecule is CO[C@@]12C[C@H](C)O[C@@H](O[C@@H]3C[C@@H]4C[C@@H]5O[C@]56[C@H](C[C@@H](O)[C@]5(C)[C@@H](c7ccc(=O)oc7)CC[C@@]56O)[C@@]4(C)C[C@H]3O1)[C@@H]2O. The number of ether oxygens (including phenoxy) is 5. The largest absolute Gasteiger partial charge is 0.431 e. The molecule has 4 aliphatic carbocycles. The number of aliphatic hydroxyl groups excluding tert-OH is 2. The van der Waals surface area contributed by atoms with Crippen molar-refractivity contribution in [3.63, 3.8) is 0 Å². The van der Waals surface area contributed by atoms with E-state index < -0.39 is 46.5 Å². The van der Waals surface area contributed by atoms with Crippen molar-refractivity contribution < 1.29 is 43.4 Å². The molecule has 0 amide bonds. The molecular weight excluding hydrogens is 532 g/mol. The van der Waals surface area contributed by atoms with Gasteiger partial charge in [0.1, 0.15) is 11.2 Å². The summed E-state index contributed by atoms with van der Waals surface area (Å²) in [4.78, 5) is 11.7. The normalized spacial score (nSPS) is 58.7. The number of fused-ring (bicyclic) bond motifs is 6. The molecule has 41 heavy (non-hydrogen) atoms. The van der Waals surface area contributed by atoms with Crippen molar-refractivity contribution in [3.8, 4) is 0 Å². The zero-order valence-corrected chi connectivity index (χ0v) is 24.2. The standard InChI is InChI=1S/C31H42O10/c1-15-12-29(36-4)25(34)26(38-15)39-19-9-17-10-23-31(41-23)21(27(17,2)13-20(19)40-29)11-22(32)28(3)18(7-8-30(28,31)35)16-5-6-24(33)37-14-16/h5-6,14-15,17-23,25-26,32,34-35H,7-13H2,1-4H3/t15-,17+,18+,19+,20+,21+,22+,23-,25-,26-,27-,28-,29-,30+,31+/m0/s1. The van der Waals surface area contributed by atoms with Crippen LogP contribution in [0.2, 0.25) is 0 Å². The van der Waals surface area contributed by atoms with E-state index in [2.05, 4.69) is 6.92 Å². The van der Waals surface area contributed by atoms with E-state index >= 15 is 0 Å². The Labute approximate surface area is 239 Å². The van der Waals surface area contributed by atoms with Crippen LogP contribution in [-0.4, -0.2) is 82.3 Å². The lowest BCUT2D eigenvalue weighted by Gasteiger charge is -2.64. The molecule has 8 rings (SSSR count). The van der Waals surface area contributed by atoms with E-state index in [0.29, 0.717) is 38.5 Å². The van der Waals surface area contributed by atoms with Gasteiger partial charge in [-0.05, 0) is 74.3 Å². The van der Waals surface area contributed by atoms with E-state index in [4.69, 9.17) is 28.1 Å². The van der Waals surface area contributed by atoms with Gasteiger partial charge in [-0.15, -0.1) is 0 Å². The second kappa shape index (κ2) is 8.41.